The molecule has 0 aliphatic heterocycles. The number of nitrogen functional groups attached to an aromatic ring is 1. The molecule has 0 amide bonds. The molecule has 7 heteroatoms. The second-order valence-corrected chi connectivity index (χ2v) is 5.87. The van der Waals surface area contributed by atoms with Crippen LogP contribution >= 0.6 is 23.1 Å². The number of nitrogens with zero attached hydrogens (tertiary/aromatic N) is 3. The molecule has 0 radical (unpaired) electrons. The number of hydrogen-bond acceptors (Lipinski definition) is 7. The highest BCUT2D eigenvalue weighted by atomic mass is 32.2. The Morgan fingerprint density at radius 1 is 1.33 bits per heavy atom. The van der Waals surface area contributed by atoms with Gasteiger partial charge in [-0.25, -0.2) is 20.8 Å². The molecule has 0 aliphatic rings. The molecule has 5 nitrogen and oxygen atoms in total. The summed E-state index contributed by atoms with van der Waals surface area (Å²) in [6.45, 7) is 5.96. The summed E-state index contributed by atoms with van der Waals surface area (Å²) in [6.07, 6.45) is 0.777. The van der Waals surface area contributed by atoms with Crippen LogP contribution in [0.3, 0.4) is 0 Å². The van der Waals surface area contributed by atoms with Crippen LogP contribution < -0.4 is 11.3 Å². The third kappa shape index (κ3) is 2.80. The molecule has 0 bridgehead atoms. The Hall–Kier alpha value is -1.18. The van der Waals surface area contributed by atoms with Crippen LogP contribution in [0.25, 0.3) is 0 Å². The van der Waals surface area contributed by atoms with Crippen molar-refractivity contribution in [1.29, 1.82) is 0 Å². The van der Waals surface area contributed by atoms with Crippen LogP contribution in [0.15, 0.2) is 14.7 Å². The van der Waals surface area contributed by atoms with E-state index in [1.807, 2.05) is 26.2 Å². The van der Waals surface area contributed by atoms with Crippen molar-refractivity contribution in [3.63, 3.8) is 0 Å². The van der Waals surface area contributed by atoms with Gasteiger partial charge in [0.25, 0.3) is 0 Å². The predicted octanol–water partition coefficient (Wildman–Crippen LogP) is 2.55. The van der Waals surface area contributed by atoms with Gasteiger partial charge in [0, 0.05) is 23.1 Å². The molecule has 0 aromatic carbocycles. The predicted molar refractivity (Wildman–Crippen MR) is 74.9 cm³/mol. The first kappa shape index (κ1) is 13.3. The largest absolute Gasteiger partial charge is 0.308 e. The number of nitrogens with one attached hydrogen (secondary N) is 1. The lowest BCUT2D eigenvalue weighted by molar-refractivity contribution is 0.871. The second kappa shape index (κ2) is 5.64. The monoisotopic (exact) mass is 281 g/mol. The fourth-order valence-electron chi connectivity index (χ4n) is 1.40. The third-order valence-electron chi connectivity index (χ3n) is 2.38. The first-order chi connectivity index (χ1) is 8.63. The molecule has 2 aromatic rings. The molecule has 2 rings (SSSR count). The maximum Gasteiger partial charge on any atom is 0.156 e. The van der Waals surface area contributed by atoms with Gasteiger partial charge in [-0.3, -0.25) is 0 Å². The normalized spacial score (nSPS) is 10.7. The molecular weight excluding hydrogens is 266 g/mol. The van der Waals surface area contributed by atoms with Crippen LogP contribution in [0, 0.1) is 13.8 Å². The van der Waals surface area contributed by atoms with Crippen molar-refractivity contribution in [3.05, 3.63) is 22.5 Å². The van der Waals surface area contributed by atoms with Crippen molar-refractivity contribution >= 4 is 28.9 Å². The smallest absolute Gasteiger partial charge is 0.156 e. The van der Waals surface area contributed by atoms with Crippen molar-refractivity contribution in [2.75, 3.05) is 5.43 Å². The number of hydrogen-bond donors (Lipinski definition) is 2. The number of rotatable bonds is 4. The van der Waals surface area contributed by atoms with Crippen molar-refractivity contribution in [2.24, 2.45) is 5.84 Å². The van der Waals surface area contributed by atoms with Crippen molar-refractivity contribution in [3.8, 4) is 0 Å². The van der Waals surface area contributed by atoms with E-state index in [4.69, 9.17) is 5.84 Å². The molecule has 0 saturated carbocycles. The maximum absolute atomic E-state index is 5.48. The van der Waals surface area contributed by atoms with Crippen molar-refractivity contribution in [1.82, 2.24) is 15.0 Å². The summed E-state index contributed by atoms with van der Waals surface area (Å²) in [6, 6.07) is 0. The van der Waals surface area contributed by atoms with Gasteiger partial charge in [-0.15, -0.1) is 11.3 Å². The molecule has 18 heavy (non-hydrogen) atoms. The molecule has 0 fully saturated rings. The molecule has 0 unspecified atom stereocenters. The van der Waals surface area contributed by atoms with Crippen LogP contribution in [0.4, 0.5) is 5.82 Å². The van der Waals surface area contributed by atoms with Gasteiger partial charge in [0.1, 0.15) is 16.7 Å². The van der Waals surface area contributed by atoms with E-state index in [2.05, 4.69) is 20.4 Å². The molecule has 0 aliphatic carbocycles. The summed E-state index contributed by atoms with van der Waals surface area (Å²) in [5.74, 6) is 6.94. The summed E-state index contributed by atoms with van der Waals surface area (Å²) >= 11 is 3.17. The van der Waals surface area contributed by atoms with Gasteiger partial charge in [0.05, 0.1) is 0 Å². The van der Waals surface area contributed by atoms with Crippen LogP contribution in [0.1, 0.15) is 24.0 Å². The zero-order valence-electron chi connectivity index (χ0n) is 10.5. The third-order valence-corrected chi connectivity index (χ3v) is 4.53. The number of thiazole rings is 1. The summed E-state index contributed by atoms with van der Waals surface area (Å²) in [4.78, 5) is 13.3. The van der Waals surface area contributed by atoms with Gasteiger partial charge >= 0.3 is 0 Å². The Balaban J connectivity index is 2.36. The fraction of sp³-hybridized carbons (Fsp3) is 0.364. The van der Waals surface area contributed by atoms with E-state index in [-0.39, 0.29) is 0 Å². The van der Waals surface area contributed by atoms with E-state index in [1.54, 1.807) is 23.1 Å². The molecule has 3 N–H and O–H groups in total. The quantitative estimate of drug-likeness (QED) is 0.509. The average molecular weight is 281 g/mol. The minimum atomic E-state index is 0.678. The van der Waals surface area contributed by atoms with Crippen LogP contribution in [0.2, 0.25) is 0 Å². The van der Waals surface area contributed by atoms with E-state index in [1.165, 1.54) is 0 Å². The summed E-state index contributed by atoms with van der Waals surface area (Å²) in [5, 5.41) is 2.94. The molecule has 0 spiro atoms. The number of hydrazine groups is 1. The number of anilines is 1. The van der Waals surface area contributed by atoms with Gasteiger partial charge in [0.15, 0.2) is 4.34 Å². The SMILES string of the molecule is CCc1nc(NN)c(C)c(Sc2nc(C)cs2)n1. The van der Waals surface area contributed by atoms with Crippen LogP contribution in [-0.4, -0.2) is 15.0 Å². The zero-order valence-corrected chi connectivity index (χ0v) is 12.2. The van der Waals surface area contributed by atoms with Gasteiger partial charge < -0.3 is 5.43 Å². The maximum atomic E-state index is 5.48. The fourth-order valence-corrected chi connectivity index (χ4v) is 3.25. The van der Waals surface area contributed by atoms with Crippen LogP contribution in [0.5, 0.6) is 0 Å². The standard InChI is InChI=1S/C11H15N5S2/c1-4-8-14-9(16-12)7(3)10(15-8)18-11-13-6(2)5-17-11/h5H,4,12H2,1-3H3,(H,14,15,16). The van der Waals surface area contributed by atoms with Crippen molar-refractivity contribution < 1.29 is 0 Å². The Labute approximate surface area is 114 Å². The van der Waals surface area contributed by atoms with E-state index < -0.39 is 0 Å². The summed E-state index contributed by atoms with van der Waals surface area (Å²) < 4.78 is 0.985. The minimum absolute atomic E-state index is 0.678. The number of aryl methyl sites for hydroxylation is 2. The molecule has 0 saturated heterocycles. The minimum Gasteiger partial charge on any atom is -0.308 e. The second-order valence-electron chi connectivity index (χ2n) is 3.77. The molecule has 2 aromatic heterocycles. The Morgan fingerprint density at radius 2 is 2.11 bits per heavy atom. The van der Waals surface area contributed by atoms with Gasteiger partial charge in [-0.2, -0.15) is 0 Å². The molecule has 96 valence electrons. The van der Waals surface area contributed by atoms with Gasteiger partial charge in [-0.05, 0) is 25.6 Å². The first-order valence-corrected chi connectivity index (χ1v) is 7.27. The summed E-state index contributed by atoms with van der Waals surface area (Å²) in [7, 11) is 0. The highest BCUT2D eigenvalue weighted by Crippen LogP contribution is 2.32. The van der Waals surface area contributed by atoms with E-state index in [9.17, 15) is 0 Å². The Morgan fingerprint density at radius 3 is 2.67 bits per heavy atom. The topological polar surface area (TPSA) is 76.7 Å². The lowest BCUT2D eigenvalue weighted by Gasteiger charge is -2.09. The first-order valence-electron chi connectivity index (χ1n) is 5.58. The Kier molecular flexibility index (Phi) is 4.15. The highest BCUT2D eigenvalue weighted by Gasteiger charge is 2.12. The van der Waals surface area contributed by atoms with Gasteiger partial charge in [0.2, 0.25) is 0 Å². The van der Waals surface area contributed by atoms with Crippen LogP contribution in [-0.2, 0) is 6.42 Å². The number of nitrogens with two attached hydrogens (primary N) is 1. The highest BCUT2D eigenvalue weighted by molar-refractivity contribution is 8.01. The van der Waals surface area contributed by atoms with E-state index in [0.29, 0.717) is 5.82 Å². The molecule has 2 heterocycles. The van der Waals surface area contributed by atoms with Gasteiger partial charge in [-0.1, -0.05) is 6.92 Å². The summed E-state index contributed by atoms with van der Waals surface area (Å²) in [5.41, 5.74) is 4.60. The molecule has 0 atom stereocenters. The number of aromatic nitrogens is 3. The zero-order chi connectivity index (χ0) is 13.1. The average Bonchev–Trinajstić information content (AvgIpc) is 2.77. The van der Waals surface area contributed by atoms with E-state index >= 15 is 0 Å². The Bertz CT molecular complexity index is 552. The van der Waals surface area contributed by atoms with Crippen molar-refractivity contribution in [2.45, 2.75) is 36.6 Å². The lowest BCUT2D eigenvalue weighted by Crippen LogP contribution is -2.13. The lowest BCUT2D eigenvalue weighted by atomic mass is 10.3. The van der Waals surface area contributed by atoms with E-state index in [0.717, 1.165) is 32.9 Å². The molecular formula is C11H15N5S2.